The van der Waals surface area contributed by atoms with Crippen molar-refractivity contribution >= 4 is 17.6 Å². The summed E-state index contributed by atoms with van der Waals surface area (Å²) in [6.45, 7) is 9.52. The van der Waals surface area contributed by atoms with Crippen LogP contribution in [0.15, 0.2) is 24.3 Å². The van der Waals surface area contributed by atoms with Gasteiger partial charge in [-0.2, -0.15) is 11.8 Å². The minimum atomic E-state index is -0.432. The largest absolute Gasteiger partial charge is 0.486 e. The summed E-state index contributed by atoms with van der Waals surface area (Å²) < 4.78 is 17.2. The van der Waals surface area contributed by atoms with E-state index in [-0.39, 0.29) is 16.8 Å². The number of nitrogens with two attached hydrogens (primary N) is 1. The van der Waals surface area contributed by atoms with Crippen LogP contribution in [0.1, 0.15) is 32.0 Å². The van der Waals surface area contributed by atoms with Gasteiger partial charge in [-0.25, -0.2) is 9.97 Å². The molecule has 1 aromatic carbocycles. The van der Waals surface area contributed by atoms with E-state index in [1.807, 2.05) is 12.1 Å². The van der Waals surface area contributed by atoms with Gasteiger partial charge >= 0.3 is 0 Å². The van der Waals surface area contributed by atoms with Gasteiger partial charge in [-0.3, -0.25) is 0 Å². The highest BCUT2D eigenvalue weighted by Crippen LogP contribution is 2.46. The Balaban J connectivity index is 1.66. The van der Waals surface area contributed by atoms with Crippen LogP contribution >= 0.6 is 11.8 Å². The third kappa shape index (κ3) is 3.50. The molecule has 2 atom stereocenters. The number of morpholine rings is 1. The summed E-state index contributed by atoms with van der Waals surface area (Å²) in [5.74, 6) is 2.37. The zero-order valence-electron chi connectivity index (χ0n) is 18.6. The van der Waals surface area contributed by atoms with Crippen LogP contribution in [0, 0.1) is 0 Å². The van der Waals surface area contributed by atoms with E-state index in [4.69, 9.17) is 29.9 Å². The second kappa shape index (κ2) is 7.62. The predicted molar refractivity (Wildman–Crippen MR) is 123 cm³/mol. The number of benzene rings is 1. The number of thioether (sulfide) groups is 1. The topological polar surface area (TPSA) is 82.7 Å². The van der Waals surface area contributed by atoms with Gasteiger partial charge in [0, 0.05) is 5.56 Å². The molecule has 3 aliphatic rings. The first kappa shape index (κ1) is 21.0. The van der Waals surface area contributed by atoms with Crippen molar-refractivity contribution in [3.63, 3.8) is 0 Å². The van der Waals surface area contributed by atoms with E-state index in [0.29, 0.717) is 38.9 Å². The number of hydrogen-bond donors (Lipinski definition) is 1. The van der Waals surface area contributed by atoms with Gasteiger partial charge in [0.25, 0.3) is 0 Å². The Hall–Kier alpha value is -1.87. The maximum absolute atomic E-state index is 6.50. The number of hydrogen-bond acceptors (Lipinski definition) is 8. The molecule has 166 valence electrons. The van der Waals surface area contributed by atoms with Crippen molar-refractivity contribution in [3.8, 4) is 17.1 Å². The molecule has 0 radical (unpaired) electrons. The summed E-state index contributed by atoms with van der Waals surface area (Å²) in [5, 5.41) is 0. The first-order chi connectivity index (χ1) is 14.8. The number of rotatable bonds is 4. The lowest BCUT2D eigenvalue weighted by molar-refractivity contribution is -0.0568. The minimum Gasteiger partial charge on any atom is -0.486 e. The summed E-state index contributed by atoms with van der Waals surface area (Å²) in [7, 11) is 0. The molecule has 0 bridgehead atoms. The second-order valence-corrected chi connectivity index (χ2v) is 10.7. The standard InChI is InChI=1S/C23H30N4O3S/c1-14-9-28-10-17-11-30-18-19(22(2,3)31-4)25-20(26-21(18)27(14)17)15-6-5-7-16(8-15)23(24)12-29-13-23/h5-8,14,17H,9-13,24H2,1-4H3/t14-,17+/m1/s1. The molecule has 0 unspecified atom stereocenters. The molecule has 4 heterocycles. The first-order valence-corrected chi connectivity index (χ1v) is 12.0. The number of ether oxygens (including phenoxy) is 3. The molecule has 31 heavy (non-hydrogen) atoms. The maximum atomic E-state index is 6.50. The lowest BCUT2D eigenvalue weighted by Gasteiger charge is -2.45. The summed E-state index contributed by atoms with van der Waals surface area (Å²) >= 11 is 1.76. The molecule has 1 aromatic heterocycles. The van der Waals surface area contributed by atoms with Gasteiger partial charge in [0.2, 0.25) is 0 Å². The average molecular weight is 443 g/mol. The second-order valence-electron chi connectivity index (χ2n) is 9.25. The van der Waals surface area contributed by atoms with Gasteiger partial charge in [0.1, 0.15) is 12.3 Å². The predicted octanol–water partition coefficient (Wildman–Crippen LogP) is 2.91. The monoisotopic (exact) mass is 442 g/mol. The van der Waals surface area contributed by atoms with E-state index in [9.17, 15) is 0 Å². The Labute approximate surface area is 187 Å². The molecule has 2 aromatic rings. The molecule has 0 spiro atoms. The Morgan fingerprint density at radius 1 is 1.16 bits per heavy atom. The van der Waals surface area contributed by atoms with Crippen LogP contribution in [0.4, 0.5) is 5.82 Å². The minimum absolute atomic E-state index is 0.162. The molecule has 2 fully saturated rings. The van der Waals surface area contributed by atoms with Crippen molar-refractivity contribution in [1.29, 1.82) is 0 Å². The van der Waals surface area contributed by atoms with Gasteiger partial charge in [-0.15, -0.1) is 0 Å². The molecule has 5 rings (SSSR count). The molecular formula is C23H30N4O3S. The molecule has 0 amide bonds. The van der Waals surface area contributed by atoms with Crippen LogP contribution in [0.25, 0.3) is 11.4 Å². The van der Waals surface area contributed by atoms with E-state index in [2.05, 4.69) is 44.1 Å². The summed E-state index contributed by atoms with van der Waals surface area (Å²) in [6.07, 6.45) is 2.10. The Bertz CT molecular complexity index is 995. The van der Waals surface area contributed by atoms with E-state index in [1.54, 1.807) is 11.8 Å². The molecule has 0 saturated carbocycles. The van der Waals surface area contributed by atoms with Gasteiger partial charge in [0.15, 0.2) is 17.4 Å². The Morgan fingerprint density at radius 3 is 2.68 bits per heavy atom. The highest BCUT2D eigenvalue weighted by Gasteiger charge is 2.41. The molecule has 0 aliphatic carbocycles. The number of nitrogens with zero attached hydrogens (tertiary/aromatic N) is 3. The van der Waals surface area contributed by atoms with Crippen molar-refractivity contribution in [2.45, 2.75) is 43.1 Å². The van der Waals surface area contributed by atoms with Crippen LogP contribution in [-0.2, 0) is 19.8 Å². The number of anilines is 1. The Kier molecular flexibility index (Phi) is 5.16. The highest BCUT2D eigenvalue weighted by atomic mass is 32.2. The third-order valence-corrected chi connectivity index (χ3v) is 7.76. The normalized spacial score (nSPS) is 24.6. The molecule has 2 N–H and O–H groups in total. The lowest BCUT2D eigenvalue weighted by atomic mass is 9.88. The van der Waals surface area contributed by atoms with Crippen LogP contribution in [0.2, 0.25) is 0 Å². The molecule has 3 aliphatic heterocycles. The zero-order chi connectivity index (χ0) is 21.8. The van der Waals surface area contributed by atoms with E-state index < -0.39 is 5.54 Å². The SMILES string of the molecule is CSC(C)(C)c1nc(-c2cccc(C3(N)COC3)c2)nc2c1OC[C@@H]1COC[C@@H](C)N21. The third-order valence-electron chi connectivity index (χ3n) is 6.55. The zero-order valence-corrected chi connectivity index (χ0v) is 19.4. The maximum Gasteiger partial charge on any atom is 0.184 e. The van der Waals surface area contributed by atoms with Crippen LogP contribution < -0.4 is 15.4 Å². The van der Waals surface area contributed by atoms with Gasteiger partial charge in [-0.05, 0) is 38.7 Å². The van der Waals surface area contributed by atoms with E-state index in [0.717, 1.165) is 28.4 Å². The lowest BCUT2D eigenvalue weighted by Crippen LogP contribution is -2.56. The summed E-state index contributed by atoms with van der Waals surface area (Å²) in [4.78, 5) is 12.5. The molecular weight excluding hydrogens is 412 g/mol. The van der Waals surface area contributed by atoms with E-state index >= 15 is 0 Å². The van der Waals surface area contributed by atoms with Gasteiger partial charge in [-0.1, -0.05) is 18.2 Å². The molecule has 2 saturated heterocycles. The highest BCUT2D eigenvalue weighted by molar-refractivity contribution is 7.99. The van der Waals surface area contributed by atoms with Crippen LogP contribution in [0.5, 0.6) is 5.75 Å². The fourth-order valence-corrected chi connectivity index (χ4v) is 4.75. The van der Waals surface area contributed by atoms with Crippen LogP contribution in [-0.4, -0.2) is 61.3 Å². The number of aromatic nitrogens is 2. The van der Waals surface area contributed by atoms with Crippen molar-refractivity contribution in [3.05, 3.63) is 35.5 Å². The van der Waals surface area contributed by atoms with Gasteiger partial charge < -0.3 is 24.8 Å². The van der Waals surface area contributed by atoms with Crippen molar-refractivity contribution in [1.82, 2.24) is 9.97 Å². The number of fused-ring (bicyclic) bond motifs is 3. The fraction of sp³-hybridized carbons (Fsp3) is 0.565. The fourth-order valence-electron chi connectivity index (χ4n) is 4.42. The smallest absolute Gasteiger partial charge is 0.184 e. The van der Waals surface area contributed by atoms with Crippen LogP contribution in [0.3, 0.4) is 0 Å². The van der Waals surface area contributed by atoms with Crippen molar-refractivity contribution in [2.24, 2.45) is 5.73 Å². The summed E-state index contributed by atoms with van der Waals surface area (Å²) in [5.41, 5.74) is 9.00. The molecule has 8 heteroatoms. The van der Waals surface area contributed by atoms with Crippen molar-refractivity contribution < 1.29 is 14.2 Å². The van der Waals surface area contributed by atoms with Gasteiger partial charge in [0.05, 0.1) is 48.8 Å². The molecule has 7 nitrogen and oxygen atoms in total. The van der Waals surface area contributed by atoms with E-state index in [1.165, 1.54) is 0 Å². The summed E-state index contributed by atoms with van der Waals surface area (Å²) in [6, 6.07) is 8.62. The average Bonchev–Trinajstić information content (AvgIpc) is 2.76. The quantitative estimate of drug-likeness (QED) is 0.774. The van der Waals surface area contributed by atoms with Crippen molar-refractivity contribution in [2.75, 3.05) is 44.2 Å². The Morgan fingerprint density at radius 2 is 1.97 bits per heavy atom. The first-order valence-electron chi connectivity index (χ1n) is 10.8.